The predicted molar refractivity (Wildman–Crippen MR) is 91.7 cm³/mol. The minimum Gasteiger partial charge on any atom is -0.375 e. The van der Waals surface area contributed by atoms with E-state index in [0.717, 1.165) is 31.8 Å². The number of ether oxygens (including phenoxy) is 2. The predicted octanol–water partition coefficient (Wildman–Crippen LogP) is 5.15. The first kappa shape index (κ1) is 20.3. The average Bonchev–Trinajstić information content (AvgIpc) is 2.25. The van der Waals surface area contributed by atoms with Gasteiger partial charge in [-0.1, -0.05) is 27.7 Å². The van der Waals surface area contributed by atoms with Crippen molar-refractivity contribution in [1.82, 2.24) is 0 Å². The zero-order chi connectivity index (χ0) is 15.8. The van der Waals surface area contributed by atoms with Crippen molar-refractivity contribution in [3.8, 4) is 0 Å². The maximum absolute atomic E-state index is 6.06. The molecule has 0 rings (SSSR count). The van der Waals surface area contributed by atoms with E-state index < -0.39 is 0 Å². The van der Waals surface area contributed by atoms with E-state index >= 15 is 0 Å². The molecule has 0 saturated carbocycles. The Balaban J connectivity index is 3.89. The number of rotatable bonds is 11. The maximum atomic E-state index is 6.06. The zero-order valence-corrected chi connectivity index (χ0v) is 15.7. The third kappa shape index (κ3) is 12.0. The monoisotopic (exact) mass is 304 g/mol. The van der Waals surface area contributed by atoms with E-state index in [2.05, 4.69) is 55.4 Å². The Bertz CT molecular complexity index is 247. The van der Waals surface area contributed by atoms with E-state index in [4.69, 9.17) is 9.47 Å². The fourth-order valence-corrected chi connectivity index (χ4v) is 2.73. The Morgan fingerprint density at radius 1 is 0.850 bits per heavy atom. The van der Waals surface area contributed by atoms with E-state index in [1.165, 1.54) is 0 Å². The average molecular weight is 305 g/mol. The fraction of sp³-hybridized carbons (Fsp3) is 1.00. The molecule has 0 aliphatic heterocycles. The summed E-state index contributed by atoms with van der Waals surface area (Å²) in [6.45, 7) is 19.1. The third-order valence-electron chi connectivity index (χ3n) is 3.16. The standard InChI is InChI=1S/C17H36O2S/c1-14(2)13-19-16(5,6)9-11-18-17(7,8)10-12-20-15(3)4/h14-15H,9-13H2,1-8H3. The molecule has 0 aromatic rings. The van der Waals surface area contributed by atoms with E-state index in [1.54, 1.807) is 0 Å². The molecule has 0 unspecified atom stereocenters. The molecule has 3 heteroatoms. The molecule has 0 aromatic heterocycles. The lowest BCUT2D eigenvalue weighted by Crippen LogP contribution is -2.32. The van der Waals surface area contributed by atoms with Gasteiger partial charge in [0.05, 0.1) is 17.8 Å². The first-order valence-corrected chi connectivity index (χ1v) is 8.98. The second kappa shape index (κ2) is 9.32. The lowest BCUT2D eigenvalue weighted by Gasteiger charge is -2.30. The molecule has 122 valence electrons. The minimum atomic E-state index is -0.0902. The molecular weight excluding hydrogens is 268 g/mol. The summed E-state index contributed by atoms with van der Waals surface area (Å²) in [7, 11) is 0. The van der Waals surface area contributed by atoms with Crippen molar-refractivity contribution in [2.24, 2.45) is 5.92 Å². The lowest BCUT2D eigenvalue weighted by molar-refractivity contribution is -0.0781. The van der Waals surface area contributed by atoms with Gasteiger partial charge in [-0.15, -0.1) is 0 Å². The summed E-state index contributed by atoms with van der Waals surface area (Å²) >= 11 is 2.00. The molecular formula is C17H36O2S. The summed E-state index contributed by atoms with van der Waals surface area (Å²) in [6.07, 6.45) is 2.05. The lowest BCUT2D eigenvalue weighted by atomic mass is 10.0. The van der Waals surface area contributed by atoms with Crippen LogP contribution in [0.4, 0.5) is 0 Å². The first-order valence-electron chi connectivity index (χ1n) is 7.93. The summed E-state index contributed by atoms with van der Waals surface area (Å²) in [5, 5.41) is 0.703. The Hall–Kier alpha value is 0.270. The van der Waals surface area contributed by atoms with Gasteiger partial charge < -0.3 is 9.47 Å². The van der Waals surface area contributed by atoms with Crippen LogP contribution < -0.4 is 0 Å². The van der Waals surface area contributed by atoms with Crippen LogP contribution in [0.1, 0.15) is 68.2 Å². The molecule has 0 spiro atoms. The molecule has 20 heavy (non-hydrogen) atoms. The van der Waals surface area contributed by atoms with Crippen molar-refractivity contribution >= 4 is 11.8 Å². The highest BCUT2D eigenvalue weighted by Crippen LogP contribution is 2.22. The quantitative estimate of drug-likeness (QED) is 0.525. The van der Waals surface area contributed by atoms with Gasteiger partial charge in [0.1, 0.15) is 0 Å². The Labute approximate surface area is 131 Å². The highest BCUT2D eigenvalue weighted by Gasteiger charge is 2.23. The number of hydrogen-bond acceptors (Lipinski definition) is 3. The van der Waals surface area contributed by atoms with Crippen molar-refractivity contribution in [1.29, 1.82) is 0 Å². The zero-order valence-electron chi connectivity index (χ0n) is 14.9. The molecule has 0 saturated heterocycles. The second-order valence-corrected chi connectivity index (χ2v) is 9.18. The van der Waals surface area contributed by atoms with E-state index in [-0.39, 0.29) is 11.2 Å². The SMILES string of the molecule is CC(C)COC(C)(C)CCOC(C)(C)CCSC(C)C. The van der Waals surface area contributed by atoms with Gasteiger partial charge in [0, 0.05) is 6.61 Å². The summed E-state index contributed by atoms with van der Waals surface area (Å²) in [6, 6.07) is 0. The minimum absolute atomic E-state index is 0.0317. The highest BCUT2D eigenvalue weighted by atomic mass is 32.2. The molecule has 0 amide bonds. The molecule has 0 N–H and O–H groups in total. The van der Waals surface area contributed by atoms with Crippen LogP contribution in [-0.2, 0) is 9.47 Å². The molecule has 0 fully saturated rings. The van der Waals surface area contributed by atoms with Crippen LogP contribution in [-0.4, -0.2) is 35.4 Å². The van der Waals surface area contributed by atoms with Crippen LogP contribution in [0.5, 0.6) is 0 Å². The second-order valence-electron chi connectivity index (χ2n) is 7.49. The maximum Gasteiger partial charge on any atom is 0.0648 e. The first-order chi connectivity index (χ1) is 9.04. The molecule has 0 radical (unpaired) electrons. The summed E-state index contributed by atoms with van der Waals surface area (Å²) in [5.74, 6) is 1.75. The molecule has 2 nitrogen and oxygen atoms in total. The van der Waals surface area contributed by atoms with E-state index in [0.29, 0.717) is 11.2 Å². The largest absolute Gasteiger partial charge is 0.375 e. The molecule has 0 aliphatic rings. The van der Waals surface area contributed by atoms with Gasteiger partial charge in [-0.3, -0.25) is 0 Å². The van der Waals surface area contributed by atoms with E-state index in [1.807, 2.05) is 11.8 Å². The van der Waals surface area contributed by atoms with Gasteiger partial charge >= 0.3 is 0 Å². The fourth-order valence-electron chi connectivity index (χ4n) is 1.65. The summed E-state index contributed by atoms with van der Waals surface area (Å²) < 4.78 is 12.0. The Morgan fingerprint density at radius 2 is 1.40 bits per heavy atom. The molecule has 0 atom stereocenters. The Morgan fingerprint density at radius 3 is 1.90 bits per heavy atom. The molecule has 0 aliphatic carbocycles. The van der Waals surface area contributed by atoms with Crippen molar-refractivity contribution in [3.05, 3.63) is 0 Å². The normalized spacial score (nSPS) is 13.5. The van der Waals surface area contributed by atoms with Gasteiger partial charge in [0.15, 0.2) is 0 Å². The number of hydrogen-bond donors (Lipinski definition) is 0. The van der Waals surface area contributed by atoms with Gasteiger partial charge in [-0.2, -0.15) is 11.8 Å². The third-order valence-corrected chi connectivity index (χ3v) is 4.27. The van der Waals surface area contributed by atoms with Gasteiger partial charge in [-0.05, 0) is 57.5 Å². The van der Waals surface area contributed by atoms with Gasteiger partial charge in [0.25, 0.3) is 0 Å². The van der Waals surface area contributed by atoms with Crippen LogP contribution >= 0.6 is 11.8 Å². The molecule has 0 aromatic carbocycles. The summed E-state index contributed by atoms with van der Waals surface area (Å²) in [4.78, 5) is 0. The van der Waals surface area contributed by atoms with Crippen LogP contribution in [0.25, 0.3) is 0 Å². The van der Waals surface area contributed by atoms with Crippen LogP contribution in [0, 0.1) is 5.92 Å². The van der Waals surface area contributed by atoms with Crippen molar-refractivity contribution in [2.45, 2.75) is 84.7 Å². The Kier molecular flexibility index (Phi) is 9.45. The van der Waals surface area contributed by atoms with E-state index in [9.17, 15) is 0 Å². The van der Waals surface area contributed by atoms with Crippen LogP contribution in [0.2, 0.25) is 0 Å². The van der Waals surface area contributed by atoms with Crippen LogP contribution in [0.3, 0.4) is 0 Å². The smallest absolute Gasteiger partial charge is 0.0648 e. The topological polar surface area (TPSA) is 18.5 Å². The molecule has 0 heterocycles. The highest BCUT2D eigenvalue weighted by molar-refractivity contribution is 7.99. The number of thioether (sulfide) groups is 1. The van der Waals surface area contributed by atoms with Crippen LogP contribution in [0.15, 0.2) is 0 Å². The molecule has 0 bridgehead atoms. The van der Waals surface area contributed by atoms with Gasteiger partial charge in [-0.25, -0.2) is 0 Å². The van der Waals surface area contributed by atoms with Gasteiger partial charge in [0.2, 0.25) is 0 Å². The summed E-state index contributed by atoms with van der Waals surface area (Å²) in [5.41, 5.74) is -0.122. The van der Waals surface area contributed by atoms with Crippen molar-refractivity contribution in [2.75, 3.05) is 19.0 Å². The van der Waals surface area contributed by atoms with Crippen molar-refractivity contribution < 1.29 is 9.47 Å². The van der Waals surface area contributed by atoms with Crippen molar-refractivity contribution in [3.63, 3.8) is 0 Å².